The van der Waals surface area contributed by atoms with Gasteiger partial charge in [-0.15, -0.1) is 0 Å². The Bertz CT molecular complexity index is 200. The maximum atomic E-state index is 5.44. The Morgan fingerprint density at radius 1 is 1.50 bits per heavy atom. The van der Waals surface area contributed by atoms with E-state index in [-0.39, 0.29) is 0 Å². The first-order chi connectivity index (χ1) is 7.47. The molecule has 3 nitrogen and oxygen atoms in total. The number of nitrogens with zero attached hydrogens (tertiary/aromatic N) is 1. The summed E-state index contributed by atoms with van der Waals surface area (Å²) in [6.45, 7) is 13.1. The van der Waals surface area contributed by atoms with Crippen molar-refractivity contribution in [3.8, 4) is 0 Å². The summed E-state index contributed by atoms with van der Waals surface area (Å²) in [5.74, 6) is 0. The molecule has 0 amide bonds. The fraction of sp³-hybridized carbons (Fsp3) is 1.00. The molecule has 0 bridgehead atoms. The highest BCUT2D eigenvalue weighted by atomic mass is 16.5. The van der Waals surface area contributed by atoms with Crippen LogP contribution in [0.5, 0.6) is 0 Å². The van der Waals surface area contributed by atoms with Gasteiger partial charge in [0.15, 0.2) is 0 Å². The molecule has 3 heteroatoms. The van der Waals surface area contributed by atoms with Crippen LogP contribution in [0.4, 0.5) is 0 Å². The van der Waals surface area contributed by atoms with Crippen LogP contribution in [0.2, 0.25) is 0 Å². The van der Waals surface area contributed by atoms with Gasteiger partial charge in [0.2, 0.25) is 0 Å². The summed E-state index contributed by atoms with van der Waals surface area (Å²) < 4.78 is 5.44. The van der Waals surface area contributed by atoms with E-state index >= 15 is 0 Å². The van der Waals surface area contributed by atoms with E-state index in [1.54, 1.807) is 0 Å². The second kappa shape index (κ2) is 5.99. The van der Waals surface area contributed by atoms with E-state index in [4.69, 9.17) is 4.74 Å². The van der Waals surface area contributed by atoms with Gasteiger partial charge in [-0.25, -0.2) is 0 Å². The van der Waals surface area contributed by atoms with Crippen molar-refractivity contribution < 1.29 is 4.74 Å². The van der Waals surface area contributed by atoms with Crippen molar-refractivity contribution in [1.82, 2.24) is 10.2 Å². The van der Waals surface area contributed by atoms with Crippen LogP contribution >= 0.6 is 0 Å². The Morgan fingerprint density at radius 2 is 2.19 bits per heavy atom. The van der Waals surface area contributed by atoms with Gasteiger partial charge >= 0.3 is 0 Å². The Morgan fingerprint density at radius 3 is 2.69 bits per heavy atom. The minimum Gasteiger partial charge on any atom is -0.380 e. The number of hydrogen-bond acceptors (Lipinski definition) is 3. The van der Waals surface area contributed by atoms with Gasteiger partial charge in [0, 0.05) is 25.2 Å². The second-order valence-corrected chi connectivity index (χ2v) is 5.70. The summed E-state index contributed by atoms with van der Waals surface area (Å²) >= 11 is 0. The first-order valence-electron chi connectivity index (χ1n) is 6.48. The van der Waals surface area contributed by atoms with Crippen LogP contribution in [0.3, 0.4) is 0 Å². The summed E-state index contributed by atoms with van der Waals surface area (Å²) in [7, 11) is 2.22. The van der Waals surface area contributed by atoms with E-state index in [0.717, 1.165) is 26.3 Å². The highest BCUT2D eigenvalue weighted by molar-refractivity contribution is 4.85. The molecule has 0 aliphatic carbocycles. The lowest BCUT2D eigenvalue weighted by molar-refractivity contribution is 0.112. The molecule has 16 heavy (non-hydrogen) atoms. The first kappa shape index (κ1) is 13.9. The van der Waals surface area contributed by atoms with E-state index < -0.39 is 0 Å². The summed E-state index contributed by atoms with van der Waals surface area (Å²) in [5, 5.41) is 3.52. The maximum Gasteiger partial charge on any atom is 0.0622 e. The molecule has 0 aromatic carbocycles. The van der Waals surface area contributed by atoms with Gasteiger partial charge in [-0.1, -0.05) is 20.8 Å². The zero-order valence-electron chi connectivity index (χ0n) is 11.5. The molecule has 1 aliphatic rings. The largest absolute Gasteiger partial charge is 0.380 e. The minimum atomic E-state index is 0.299. The molecule has 1 fully saturated rings. The highest BCUT2D eigenvalue weighted by Gasteiger charge is 2.30. The fourth-order valence-electron chi connectivity index (χ4n) is 2.36. The SMILES string of the molecule is CCNC(C)C(C)(C)CN(C)C1CCOC1. The molecule has 1 saturated heterocycles. The molecule has 1 N–H and O–H groups in total. The van der Waals surface area contributed by atoms with E-state index in [2.05, 4.69) is 45.0 Å². The topological polar surface area (TPSA) is 24.5 Å². The van der Waals surface area contributed by atoms with Gasteiger partial charge in [-0.2, -0.15) is 0 Å². The number of likely N-dealkylation sites (N-methyl/N-ethyl adjacent to an activating group) is 1. The van der Waals surface area contributed by atoms with Crippen molar-refractivity contribution in [3.05, 3.63) is 0 Å². The second-order valence-electron chi connectivity index (χ2n) is 5.70. The minimum absolute atomic E-state index is 0.299. The van der Waals surface area contributed by atoms with E-state index in [0.29, 0.717) is 17.5 Å². The molecule has 0 radical (unpaired) electrons. The Kier molecular flexibility index (Phi) is 5.22. The Hall–Kier alpha value is -0.120. The first-order valence-corrected chi connectivity index (χ1v) is 6.48. The quantitative estimate of drug-likeness (QED) is 0.749. The van der Waals surface area contributed by atoms with Crippen LogP contribution in [0.1, 0.15) is 34.1 Å². The molecule has 1 rings (SSSR count). The number of hydrogen-bond donors (Lipinski definition) is 1. The molecule has 0 saturated carbocycles. The molecular formula is C13H28N2O. The molecule has 1 heterocycles. The van der Waals surface area contributed by atoms with Crippen LogP contribution < -0.4 is 5.32 Å². The summed E-state index contributed by atoms with van der Waals surface area (Å²) in [6.07, 6.45) is 1.18. The third-order valence-electron chi connectivity index (χ3n) is 3.87. The molecule has 0 aromatic rings. The van der Waals surface area contributed by atoms with Crippen molar-refractivity contribution in [2.24, 2.45) is 5.41 Å². The maximum absolute atomic E-state index is 5.44. The van der Waals surface area contributed by atoms with Crippen molar-refractivity contribution in [3.63, 3.8) is 0 Å². The lowest BCUT2D eigenvalue weighted by Crippen LogP contribution is -2.48. The molecule has 0 aromatic heterocycles. The number of nitrogens with one attached hydrogen (secondary N) is 1. The monoisotopic (exact) mass is 228 g/mol. The van der Waals surface area contributed by atoms with Gasteiger partial charge in [-0.3, -0.25) is 0 Å². The average Bonchev–Trinajstić information content (AvgIpc) is 2.70. The van der Waals surface area contributed by atoms with Crippen molar-refractivity contribution in [2.75, 3.05) is 33.4 Å². The predicted octanol–water partition coefficient (Wildman–Crippen LogP) is 1.73. The van der Waals surface area contributed by atoms with Crippen LogP contribution in [-0.4, -0.2) is 50.3 Å². The van der Waals surface area contributed by atoms with E-state index in [1.807, 2.05) is 0 Å². The van der Waals surface area contributed by atoms with Crippen molar-refractivity contribution in [2.45, 2.75) is 46.2 Å². The lowest BCUT2D eigenvalue weighted by Gasteiger charge is -2.38. The number of rotatable bonds is 6. The van der Waals surface area contributed by atoms with Gasteiger partial charge < -0.3 is 15.0 Å². The third-order valence-corrected chi connectivity index (χ3v) is 3.87. The summed E-state index contributed by atoms with van der Waals surface area (Å²) in [4.78, 5) is 2.46. The van der Waals surface area contributed by atoms with E-state index in [9.17, 15) is 0 Å². The molecule has 2 unspecified atom stereocenters. The molecule has 0 spiro atoms. The van der Waals surface area contributed by atoms with Gasteiger partial charge in [-0.05, 0) is 32.4 Å². The lowest BCUT2D eigenvalue weighted by atomic mass is 9.84. The van der Waals surface area contributed by atoms with Gasteiger partial charge in [0.25, 0.3) is 0 Å². The Labute approximate surface area is 101 Å². The zero-order chi connectivity index (χ0) is 12.2. The number of ether oxygens (including phenoxy) is 1. The highest BCUT2D eigenvalue weighted by Crippen LogP contribution is 2.24. The van der Waals surface area contributed by atoms with E-state index in [1.165, 1.54) is 6.42 Å². The zero-order valence-corrected chi connectivity index (χ0v) is 11.5. The van der Waals surface area contributed by atoms with Crippen LogP contribution in [0.15, 0.2) is 0 Å². The predicted molar refractivity (Wildman–Crippen MR) is 68.8 cm³/mol. The Balaban J connectivity index is 2.43. The van der Waals surface area contributed by atoms with Crippen molar-refractivity contribution >= 4 is 0 Å². The smallest absolute Gasteiger partial charge is 0.0622 e. The molecule has 1 aliphatic heterocycles. The van der Waals surface area contributed by atoms with Crippen LogP contribution in [-0.2, 0) is 4.74 Å². The normalized spacial score (nSPS) is 24.0. The summed E-state index contributed by atoms with van der Waals surface area (Å²) in [6, 6.07) is 1.16. The molecular weight excluding hydrogens is 200 g/mol. The third kappa shape index (κ3) is 3.72. The summed E-state index contributed by atoms with van der Waals surface area (Å²) in [5.41, 5.74) is 0.299. The average molecular weight is 228 g/mol. The van der Waals surface area contributed by atoms with Crippen LogP contribution in [0.25, 0.3) is 0 Å². The molecule has 96 valence electrons. The fourth-order valence-corrected chi connectivity index (χ4v) is 2.36. The van der Waals surface area contributed by atoms with Crippen molar-refractivity contribution in [1.29, 1.82) is 0 Å². The van der Waals surface area contributed by atoms with Gasteiger partial charge in [0.1, 0.15) is 0 Å². The van der Waals surface area contributed by atoms with Gasteiger partial charge in [0.05, 0.1) is 6.61 Å². The standard InChI is InChI=1S/C13H28N2O/c1-6-14-11(2)13(3,4)10-15(5)12-7-8-16-9-12/h11-12,14H,6-10H2,1-5H3. The van der Waals surface area contributed by atoms with Crippen LogP contribution in [0, 0.1) is 5.41 Å². The molecule has 2 atom stereocenters.